The van der Waals surface area contributed by atoms with Crippen LogP contribution in [0.3, 0.4) is 0 Å². The van der Waals surface area contributed by atoms with E-state index in [0.29, 0.717) is 24.2 Å². The zero-order valence-corrected chi connectivity index (χ0v) is 13.7. The number of hydrogen-bond donors (Lipinski definition) is 1. The van der Waals surface area contributed by atoms with Crippen LogP contribution >= 0.6 is 0 Å². The average Bonchev–Trinajstić information content (AvgIpc) is 2.62. The van der Waals surface area contributed by atoms with Crippen LogP contribution in [0.2, 0.25) is 0 Å². The number of hydrogen-bond acceptors (Lipinski definition) is 2. The van der Waals surface area contributed by atoms with Crippen molar-refractivity contribution in [3.8, 4) is 0 Å². The molecule has 2 aromatic carbocycles. The lowest BCUT2D eigenvalue weighted by Crippen LogP contribution is -2.42. The van der Waals surface area contributed by atoms with Gasteiger partial charge in [-0.25, -0.2) is 8.78 Å². The minimum absolute atomic E-state index is 0.0546. The normalized spacial score (nSPS) is 21.3. The van der Waals surface area contributed by atoms with Crippen molar-refractivity contribution in [1.82, 2.24) is 5.32 Å². The van der Waals surface area contributed by atoms with E-state index in [1.54, 1.807) is 60.7 Å². The smallest absolute Gasteiger partial charge is 0.149 e. The predicted molar refractivity (Wildman–Crippen MR) is 95.7 cm³/mol. The minimum atomic E-state index is -0.330. The van der Waals surface area contributed by atoms with E-state index in [1.165, 1.54) is 12.1 Å². The summed E-state index contributed by atoms with van der Waals surface area (Å²) in [6.45, 7) is 1.04. The van der Waals surface area contributed by atoms with Crippen molar-refractivity contribution in [2.45, 2.75) is 0 Å². The summed E-state index contributed by atoms with van der Waals surface area (Å²) < 4.78 is 27.3. The monoisotopic (exact) mass is 339 g/mol. The Labute approximate surface area is 145 Å². The quantitative estimate of drug-likeness (QED) is 0.909. The van der Waals surface area contributed by atoms with E-state index in [9.17, 15) is 13.6 Å². The van der Waals surface area contributed by atoms with Gasteiger partial charge in [0, 0.05) is 36.1 Å². The highest BCUT2D eigenvalue weighted by atomic mass is 19.1. The van der Waals surface area contributed by atoms with E-state index in [4.69, 9.17) is 0 Å². The van der Waals surface area contributed by atoms with Gasteiger partial charge in [0.25, 0.3) is 0 Å². The van der Waals surface area contributed by atoms with Gasteiger partial charge in [0.2, 0.25) is 0 Å². The number of piperidine rings is 1. The molecule has 128 valence electrons. The third kappa shape index (κ3) is 4.28. The molecule has 2 atom stereocenters. The molecule has 1 heterocycles. The lowest BCUT2D eigenvalue weighted by molar-refractivity contribution is -0.125. The lowest BCUT2D eigenvalue weighted by Gasteiger charge is -2.25. The average molecular weight is 339 g/mol. The first-order chi connectivity index (χ1) is 12.1. The first-order valence-electron chi connectivity index (χ1n) is 8.25. The van der Waals surface area contributed by atoms with Gasteiger partial charge in [-0.1, -0.05) is 60.7 Å². The van der Waals surface area contributed by atoms with Gasteiger partial charge in [-0.2, -0.15) is 0 Å². The molecule has 2 nitrogen and oxygen atoms in total. The van der Waals surface area contributed by atoms with Crippen LogP contribution in [0.4, 0.5) is 8.78 Å². The van der Waals surface area contributed by atoms with Crippen molar-refractivity contribution in [2.75, 3.05) is 13.1 Å². The molecule has 0 bridgehead atoms. The Morgan fingerprint density at radius 3 is 1.68 bits per heavy atom. The maximum Gasteiger partial charge on any atom is 0.149 e. The van der Waals surface area contributed by atoms with Gasteiger partial charge in [0.15, 0.2) is 0 Å². The fourth-order valence-electron chi connectivity index (χ4n) is 2.86. The molecule has 2 unspecified atom stereocenters. The summed E-state index contributed by atoms with van der Waals surface area (Å²) in [7, 11) is 0. The van der Waals surface area contributed by atoms with E-state index in [1.807, 2.05) is 0 Å². The Balaban J connectivity index is 1.71. The summed E-state index contributed by atoms with van der Waals surface area (Å²) in [4.78, 5) is 12.6. The van der Waals surface area contributed by atoms with Gasteiger partial charge in [-0.15, -0.1) is 0 Å². The molecule has 4 heteroatoms. The van der Waals surface area contributed by atoms with Gasteiger partial charge in [0.1, 0.15) is 17.4 Å². The minimum Gasteiger partial charge on any atom is -0.315 e. The summed E-state index contributed by atoms with van der Waals surface area (Å²) in [6.07, 6.45) is 6.75. The van der Waals surface area contributed by atoms with Crippen LogP contribution < -0.4 is 5.32 Å². The molecule has 1 saturated heterocycles. The highest BCUT2D eigenvalue weighted by Gasteiger charge is 2.27. The second-order valence-electron chi connectivity index (χ2n) is 6.03. The van der Waals surface area contributed by atoms with Crippen molar-refractivity contribution in [3.63, 3.8) is 0 Å². The van der Waals surface area contributed by atoms with Gasteiger partial charge < -0.3 is 5.32 Å². The maximum atomic E-state index is 13.7. The molecule has 1 aliphatic rings. The summed E-state index contributed by atoms with van der Waals surface area (Å²) in [5, 5.41) is 3.21. The molecule has 2 aromatic rings. The van der Waals surface area contributed by atoms with Crippen molar-refractivity contribution in [1.29, 1.82) is 0 Å². The van der Waals surface area contributed by atoms with E-state index >= 15 is 0 Å². The van der Waals surface area contributed by atoms with E-state index in [-0.39, 0.29) is 29.3 Å². The van der Waals surface area contributed by atoms with Crippen molar-refractivity contribution >= 4 is 17.9 Å². The number of rotatable bonds is 4. The van der Waals surface area contributed by atoms with E-state index in [0.717, 1.165) is 0 Å². The number of Topliss-reactive ketones (excluding diaryl/α,β-unsaturated/α-hetero) is 1. The molecule has 3 rings (SSSR count). The number of nitrogens with one attached hydrogen (secondary N) is 1. The molecule has 0 aromatic heterocycles. The molecule has 0 amide bonds. The largest absolute Gasteiger partial charge is 0.315 e. The Hall–Kier alpha value is -2.59. The predicted octanol–water partition coefficient (Wildman–Crippen LogP) is 4.10. The van der Waals surface area contributed by atoms with E-state index in [2.05, 4.69) is 5.32 Å². The molecule has 0 spiro atoms. The van der Waals surface area contributed by atoms with Crippen molar-refractivity contribution in [3.05, 3.63) is 83.4 Å². The molecule has 0 aliphatic carbocycles. The Bertz CT molecular complexity index is 748. The molecule has 25 heavy (non-hydrogen) atoms. The molecule has 1 N–H and O–H groups in total. The summed E-state index contributed by atoms with van der Waals surface area (Å²) in [5.41, 5.74) is 0.915. The third-order valence-corrected chi connectivity index (χ3v) is 4.29. The highest BCUT2D eigenvalue weighted by molar-refractivity contribution is 5.89. The molecule has 0 radical (unpaired) electrons. The number of carbonyl (C=O) groups excluding carboxylic acids is 1. The lowest BCUT2D eigenvalue weighted by atomic mass is 9.87. The van der Waals surface area contributed by atoms with Crippen LogP contribution in [0.15, 0.2) is 60.7 Å². The van der Waals surface area contributed by atoms with Crippen LogP contribution in [0.25, 0.3) is 12.2 Å². The second kappa shape index (κ2) is 7.99. The third-order valence-electron chi connectivity index (χ3n) is 4.29. The fourth-order valence-corrected chi connectivity index (χ4v) is 2.86. The Morgan fingerprint density at radius 1 is 0.800 bits per heavy atom. The van der Waals surface area contributed by atoms with Crippen LogP contribution in [0.5, 0.6) is 0 Å². The second-order valence-corrected chi connectivity index (χ2v) is 6.03. The number of benzene rings is 2. The molecule has 1 fully saturated rings. The first kappa shape index (κ1) is 17.2. The molecular formula is C21H19F2NO. The number of carbonyl (C=O) groups is 1. The van der Waals surface area contributed by atoms with Gasteiger partial charge >= 0.3 is 0 Å². The van der Waals surface area contributed by atoms with Crippen LogP contribution in [-0.4, -0.2) is 18.9 Å². The number of halogens is 2. The van der Waals surface area contributed by atoms with Crippen LogP contribution in [0, 0.1) is 23.5 Å². The molecular weight excluding hydrogens is 320 g/mol. The van der Waals surface area contributed by atoms with Crippen molar-refractivity contribution < 1.29 is 13.6 Å². The number of ketones is 1. The zero-order chi connectivity index (χ0) is 17.6. The standard InChI is InChI=1S/C21H19F2NO/c22-19-7-3-1-5-15(19)9-11-17-13-24-14-18(21(17)25)12-10-16-6-2-4-8-20(16)23/h1-12,17-18,24H,13-14H2. The Kier molecular flexibility index (Phi) is 5.51. The first-order valence-corrected chi connectivity index (χ1v) is 8.25. The Morgan fingerprint density at radius 2 is 1.24 bits per heavy atom. The van der Waals surface area contributed by atoms with E-state index < -0.39 is 0 Å². The topological polar surface area (TPSA) is 29.1 Å². The summed E-state index contributed by atoms with van der Waals surface area (Å²) in [6, 6.07) is 12.9. The summed E-state index contributed by atoms with van der Waals surface area (Å²) in [5.74, 6) is -1.23. The SMILES string of the molecule is O=C1C(C=Cc2ccccc2F)CNCC1C=Cc1ccccc1F. The van der Waals surface area contributed by atoms with Crippen LogP contribution in [-0.2, 0) is 4.79 Å². The maximum absolute atomic E-state index is 13.7. The molecule has 0 saturated carbocycles. The van der Waals surface area contributed by atoms with Gasteiger partial charge in [0.05, 0.1) is 0 Å². The van der Waals surface area contributed by atoms with Crippen molar-refractivity contribution in [2.24, 2.45) is 11.8 Å². The van der Waals surface area contributed by atoms with Crippen LogP contribution in [0.1, 0.15) is 11.1 Å². The fraction of sp³-hybridized carbons (Fsp3) is 0.190. The van der Waals surface area contributed by atoms with Gasteiger partial charge in [-0.3, -0.25) is 4.79 Å². The summed E-state index contributed by atoms with van der Waals surface area (Å²) >= 11 is 0. The van der Waals surface area contributed by atoms with Gasteiger partial charge in [-0.05, 0) is 12.1 Å². The zero-order valence-electron chi connectivity index (χ0n) is 13.7. The molecule has 1 aliphatic heterocycles. The highest BCUT2D eigenvalue weighted by Crippen LogP contribution is 2.19.